The van der Waals surface area contributed by atoms with Crippen LogP contribution < -0.4 is 0 Å². The van der Waals surface area contributed by atoms with Gasteiger partial charge in [-0.3, -0.25) is 0 Å². The van der Waals surface area contributed by atoms with Crippen LogP contribution in [0, 0.1) is 11.2 Å². The average Bonchev–Trinajstić information content (AvgIpc) is 2.73. The molecule has 1 aromatic rings. The Kier molecular flexibility index (Phi) is 3.88. The number of rotatable bonds is 3. The molecule has 0 radical (unpaired) electrons. The Morgan fingerprint density at radius 2 is 2.31 bits per heavy atom. The monoisotopic (exact) mass is 306 g/mol. The van der Waals surface area contributed by atoms with E-state index >= 15 is 0 Å². The number of halogens is 3. The van der Waals surface area contributed by atoms with Crippen LogP contribution in [0.25, 0.3) is 0 Å². The largest absolute Gasteiger partial charge is 0.381 e. The molecular weight excluding hydrogens is 294 g/mol. The highest BCUT2D eigenvalue weighted by Crippen LogP contribution is 2.35. The van der Waals surface area contributed by atoms with E-state index in [0.29, 0.717) is 23.6 Å². The normalized spacial score (nSPS) is 24.9. The first-order valence-electron chi connectivity index (χ1n) is 5.23. The van der Waals surface area contributed by atoms with Crippen LogP contribution in [-0.2, 0) is 11.2 Å². The molecule has 1 nitrogen and oxygen atoms in total. The summed E-state index contributed by atoms with van der Waals surface area (Å²) in [7, 11) is 0. The number of ether oxygens (including phenoxy) is 1. The van der Waals surface area contributed by atoms with Gasteiger partial charge in [-0.25, -0.2) is 4.39 Å². The zero-order chi connectivity index (χ0) is 11.6. The van der Waals surface area contributed by atoms with Crippen LogP contribution in [0.2, 0.25) is 5.02 Å². The minimum atomic E-state index is -0.184. The third kappa shape index (κ3) is 2.58. The van der Waals surface area contributed by atoms with Crippen molar-refractivity contribution in [2.75, 3.05) is 18.5 Å². The number of hydrogen-bond acceptors (Lipinski definition) is 1. The summed E-state index contributed by atoms with van der Waals surface area (Å²) in [6.07, 6.45) is 1.63. The van der Waals surface area contributed by atoms with Crippen LogP contribution in [0.4, 0.5) is 4.39 Å². The van der Waals surface area contributed by atoms with E-state index in [1.165, 1.54) is 6.07 Å². The summed E-state index contributed by atoms with van der Waals surface area (Å²) in [6.45, 7) is 1.44. The van der Waals surface area contributed by atoms with E-state index in [4.69, 9.17) is 16.3 Å². The average molecular weight is 308 g/mol. The first-order valence-corrected chi connectivity index (χ1v) is 6.73. The molecule has 1 saturated heterocycles. The third-order valence-corrected chi connectivity index (χ3v) is 4.47. The molecular formula is C12H13BrClFO. The fraction of sp³-hybridized carbons (Fsp3) is 0.500. The number of hydrogen-bond donors (Lipinski definition) is 0. The molecule has 1 fully saturated rings. The van der Waals surface area contributed by atoms with E-state index in [1.54, 1.807) is 12.1 Å². The van der Waals surface area contributed by atoms with E-state index in [9.17, 15) is 4.39 Å². The van der Waals surface area contributed by atoms with Crippen LogP contribution in [-0.4, -0.2) is 18.5 Å². The standard InChI is InChI=1S/C12H13BrClFO/c13-7-12(3-4-16-8-12)6-9-5-10(14)1-2-11(9)15/h1-2,5H,3-4,6-8H2. The van der Waals surface area contributed by atoms with Gasteiger partial charge < -0.3 is 4.74 Å². The van der Waals surface area contributed by atoms with Gasteiger partial charge >= 0.3 is 0 Å². The Balaban J connectivity index is 2.21. The molecule has 1 aliphatic heterocycles. The van der Waals surface area contributed by atoms with Gasteiger partial charge in [-0.2, -0.15) is 0 Å². The van der Waals surface area contributed by atoms with E-state index in [2.05, 4.69) is 15.9 Å². The molecule has 0 saturated carbocycles. The zero-order valence-corrected chi connectivity index (χ0v) is 11.2. The van der Waals surface area contributed by atoms with Crippen molar-refractivity contribution in [3.8, 4) is 0 Å². The highest BCUT2D eigenvalue weighted by Gasteiger charge is 2.34. The molecule has 0 bridgehead atoms. The molecule has 1 heterocycles. The van der Waals surface area contributed by atoms with E-state index in [-0.39, 0.29) is 11.2 Å². The molecule has 88 valence electrons. The molecule has 0 N–H and O–H groups in total. The summed E-state index contributed by atoms with van der Waals surface area (Å²) in [5.41, 5.74) is 0.698. The lowest BCUT2D eigenvalue weighted by atomic mass is 9.83. The molecule has 1 aliphatic rings. The van der Waals surface area contributed by atoms with Crippen molar-refractivity contribution in [1.29, 1.82) is 0 Å². The smallest absolute Gasteiger partial charge is 0.126 e. The summed E-state index contributed by atoms with van der Waals surface area (Å²) < 4.78 is 19.0. The van der Waals surface area contributed by atoms with Crippen LogP contribution in [0.3, 0.4) is 0 Å². The highest BCUT2D eigenvalue weighted by molar-refractivity contribution is 9.09. The van der Waals surface area contributed by atoms with Crippen LogP contribution in [0.5, 0.6) is 0 Å². The molecule has 0 aromatic heterocycles. The summed E-state index contributed by atoms with van der Waals surface area (Å²) in [5.74, 6) is -0.184. The van der Waals surface area contributed by atoms with Gasteiger partial charge in [0.1, 0.15) is 5.82 Å². The predicted octanol–water partition coefficient (Wildman–Crippen LogP) is 3.82. The van der Waals surface area contributed by atoms with E-state index in [0.717, 1.165) is 18.4 Å². The lowest BCUT2D eigenvalue weighted by Crippen LogP contribution is -2.26. The minimum Gasteiger partial charge on any atom is -0.381 e. The Morgan fingerprint density at radius 1 is 1.50 bits per heavy atom. The lowest BCUT2D eigenvalue weighted by molar-refractivity contribution is 0.161. The van der Waals surface area contributed by atoms with Crippen LogP contribution in [0.15, 0.2) is 18.2 Å². The van der Waals surface area contributed by atoms with Crippen LogP contribution >= 0.6 is 27.5 Å². The zero-order valence-electron chi connectivity index (χ0n) is 8.81. The maximum Gasteiger partial charge on any atom is 0.126 e. The highest BCUT2D eigenvalue weighted by atomic mass is 79.9. The van der Waals surface area contributed by atoms with E-state index in [1.807, 2.05) is 0 Å². The molecule has 1 atom stereocenters. The molecule has 0 spiro atoms. The van der Waals surface area contributed by atoms with Gasteiger partial charge in [-0.1, -0.05) is 27.5 Å². The lowest BCUT2D eigenvalue weighted by Gasteiger charge is -2.24. The van der Waals surface area contributed by atoms with Crippen molar-refractivity contribution >= 4 is 27.5 Å². The second-order valence-corrected chi connectivity index (χ2v) is 5.35. The Hall–Kier alpha value is -0.120. The maximum atomic E-state index is 13.6. The second-order valence-electron chi connectivity index (χ2n) is 4.35. The minimum absolute atomic E-state index is 0.0194. The molecule has 1 aromatic carbocycles. The first kappa shape index (κ1) is 12.3. The van der Waals surface area contributed by atoms with Crippen molar-refractivity contribution in [3.63, 3.8) is 0 Å². The summed E-state index contributed by atoms with van der Waals surface area (Å²) in [6, 6.07) is 4.71. The molecule has 4 heteroatoms. The topological polar surface area (TPSA) is 9.23 Å². The van der Waals surface area contributed by atoms with Gasteiger partial charge in [0.15, 0.2) is 0 Å². The Labute approximate surface area is 108 Å². The van der Waals surface area contributed by atoms with Gasteiger partial charge in [-0.15, -0.1) is 0 Å². The van der Waals surface area contributed by atoms with Crippen molar-refractivity contribution in [3.05, 3.63) is 34.6 Å². The molecule has 16 heavy (non-hydrogen) atoms. The number of alkyl halides is 1. The van der Waals surface area contributed by atoms with Crippen LogP contribution in [0.1, 0.15) is 12.0 Å². The number of benzene rings is 1. The fourth-order valence-electron chi connectivity index (χ4n) is 2.02. The van der Waals surface area contributed by atoms with Crippen molar-refractivity contribution in [2.24, 2.45) is 5.41 Å². The van der Waals surface area contributed by atoms with Gasteiger partial charge in [0.25, 0.3) is 0 Å². The predicted molar refractivity (Wildman–Crippen MR) is 66.8 cm³/mol. The van der Waals surface area contributed by atoms with Crippen molar-refractivity contribution < 1.29 is 9.13 Å². The summed E-state index contributed by atoms with van der Waals surface area (Å²) in [5, 5.41) is 1.41. The molecule has 2 rings (SSSR count). The van der Waals surface area contributed by atoms with Gasteiger partial charge in [-0.05, 0) is 36.6 Å². The second kappa shape index (κ2) is 5.03. The van der Waals surface area contributed by atoms with Gasteiger partial charge in [0.2, 0.25) is 0 Å². The molecule has 1 unspecified atom stereocenters. The van der Waals surface area contributed by atoms with Gasteiger partial charge in [0, 0.05) is 22.4 Å². The Morgan fingerprint density at radius 3 is 2.94 bits per heavy atom. The molecule has 0 aliphatic carbocycles. The third-order valence-electron chi connectivity index (χ3n) is 3.04. The Bertz CT molecular complexity index is 377. The van der Waals surface area contributed by atoms with Gasteiger partial charge in [0.05, 0.1) is 6.61 Å². The summed E-state index contributed by atoms with van der Waals surface area (Å²) in [4.78, 5) is 0. The van der Waals surface area contributed by atoms with Crippen molar-refractivity contribution in [2.45, 2.75) is 12.8 Å². The fourth-order valence-corrected chi connectivity index (χ4v) is 2.86. The summed E-state index contributed by atoms with van der Waals surface area (Å²) >= 11 is 9.38. The quantitative estimate of drug-likeness (QED) is 0.771. The SMILES string of the molecule is Fc1ccc(Cl)cc1CC1(CBr)CCOC1. The van der Waals surface area contributed by atoms with E-state index < -0.39 is 0 Å². The molecule has 0 amide bonds. The first-order chi connectivity index (χ1) is 7.65. The van der Waals surface area contributed by atoms with Crippen molar-refractivity contribution in [1.82, 2.24) is 0 Å². The maximum absolute atomic E-state index is 13.6.